The maximum atomic E-state index is 13.1. The Morgan fingerprint density at radius 1 is 1.16 bits per heavy atom. The van der Waals surface area contributed by atoms with Gasteiger partial charge in [0.05, 0.1) is 0 Å². The van der Waals surface area contributed by atoms with Gasteiger partial charge in [-0.2, -0.15) is 0 Å². The van der Waals surface area contributed by atoms with Crippen LogP contribution in [-0.4, -0.2) is 53.7 Å². The van der Waals surface area contributed by atoms with Crippen molar-refractivity contribution < 1.29 is 18.7 Å². The summed E-state index contributed by atoms with van der Waals surface area (Å²) in [7, 11) is 0. The number of carbonyl (C=O) groups excluding carboxylic acids is 2. The van der Waals surface area contributed by atoms with E-state index in [2.05, 4.69) is 5.32 Å². The summed E-state index contributed by atoms with van der Waals surface area (Å²) in [5.74, 6) is -0.327. The molecule has 1 N–H and O–H groups in total. The molecule has 1 aromatic rings. The number of carbonyl (C=O) groups is 2. The number of urea groups is 1. The van der Waals surface area contributed by atoms with Crippen molar-refractivity contribution in [1.29, 1.82) is 0 Å². The molecule has 1 aromatic carbocycles. The van der Waals surface area contributed by atoms with Crippen LogP contribution in [0.1, 0.15) is 26.3 Å². The van der Waals surface area contributed by atoms with E-state index in [1.807, 2.05) is 20.8 Å². The van der Waals surface area contributed by atoms with E-state index >= 15 is 0 Å². The molecule has 1 fully saturated rings. The predicted molar refractivity (Wildman–Crippen MR) is 93.3 cm³/mol. The van der Waals surface area contributed by atoms with Gasteiger partial charge in [0.2, 0.25) is 0 Å². The number of amides is 3. The Morgan fingerprint density at radius 3 is 2.40 bits per heavy atom. The van der Waals surface area contributed by atoms with Gasteiger partial charge in [0, 0.05) is 32.4 Å². The average molecular weight is 349 g/mol. The van der Waals surface area contributed by atoms with Crippen LogP contribution >= 0.6 is 0 Å². The van der Waals surface area contributed by atoms with Gasteiger partial charge in [-0.1, -0.05) is 12.1 Å². The van der Waals surface area contributed by atoms with E-state index < -0.39 is 5.60 Å². The highest BCUT2D eigenvalue weighted by atomic mass is 19.1. The minimum atomic E-state index is -0.534. The first kappa shape index (κ1) is 18.8. The van der Waals surface area contributed by atoms with Crippen LogP contribution in [0.5, 0.6) is 0 Å². The summed E-state index contributed by atoms with van der Waals surface area (Å²) in [6.45, 7) is 7.17. The Kier molecular flexibility index (Phi) is 6.01. The molecular weight excluding hydrogens is 325 g/mol. The van der Waals surface area contributed by atoms with Gasteiger partial charge in [0.25, 0.3) is 0 Å². The van der Waals surface area contributed by atoms with Crippen LogP contribution in [0.25, 0.3) is 6.08 Å². The molecule has 0 radical (unpaired) electrons. The van der Waals surface area contributed by atoms with Crippen LogP contribution in [-0.2, 0) is 4.74 Å². The fourth-order valence-corrected chi connectivity index (χ4v) is 2.33. The van der Waals surface area contributed by atoms with Crippen LogP contribution in [0.4, 0.5) is 14.0 Å². The summed E-state index contributed by atoms with van der Waals surface area (Å²) in [5, 5.41) is 2.65. The zero-order valence-electron chi connectivity index (χ0n) is 14.8. The zero-order chi connectivity index (χ0) is 18.4. The molecule has 2 rings (SSSR count). The third-order valence-corrected chi connectivity index (χ3v) is 3.55. The number of ether oxygens (including phenoxy) is 1. The monoisotopic (exact) mass is 349 g/mol. The topological polar surface area (TPSA) is 61.9 Å². The van der Waals surface area contributed by atoms with E-state index in [4.69, 9.17) is 4.74 Å². The van der Waals surface area contributed by atoms with Gasteiger partial charge in [-0.05, 0) is 44.5 Å². The summed E-state index contributed by atoms with van der Waals surface area (Å²) >= 11 is 0. The molecule has 1 aliphatic rings. The molecule has 0 spiro atoms. The molecule has 3 amide bonds. The standard InChI is InChI=1S/C18H24FN3O3/c1-18(2,3)25-17(24)22-11-9-21(10-12-22)16(23)20-8-7-14-5-4-6-15(19)13-14/h4-8,13H,9-12H2,1-3H3,(H,20,23)/b8-7+. The van der Waals surface area contributed by atoms with E-state index in [-0.39, 0.29) is 17.9 Å². The maximum Gasteiger partial charge on any atom is 0.410 e. The maximum absolute atomic E-state index is 13.1. The number of hydrogen-bond acceptors (Lipinski definition) is 3. The number of benzene rings is 1. The minimum Gasteiger partial charge on any atom is -0.444 e. The fraction of sp³-hybridized carbons (Fsp3) is 0.444. The molecule has 6 nitrogen and oxygen atoms in total. The van der Waals surface area contributed by atoms with Crippen molar-refractivity contribution in [3.05, 3.63) is 41.8 Å². The van der Waals surface area contributed by atoms with E-state index in [0.717, 1.165) is 0 Å². The third-order valence-electron chi connectivity index (χ3n) is 3.55. The SMILES string of the molecule is CC(C)(C)OC(=O)N1CCN(C(=O)N/C=C/c2cccc(F)c2)CC1. The molecule has 0 atom stereocenters. The molecule has 0 aliphatic carbocycles. The smallest absolute Gasteiger partial charge is 0.410 e. The van der Waals surface area contributed by atoms with Crippen molar-refractivity contribution in [1.82, 2.24) is 15.1 Å². The number of hydrogen-bond donors (Lipinski definition) is 1. The lowest BCUT2D eigenvalue weighted by Gasteiger charge is -2.35. The van der Waals surface area contributed by atoms with Crippen LogP contribution in [0.3, 0.4) is 0 Å². The first-order valence-electron chi connectivity index (χ1n) is 8.20. The molecule has 1 saturated heterocycles. The van der Waals surface area contributed by atoms with Crippen molar-refractivity contribution in [2.75, 3.05) is 26.2 Å². The molecule has 0 aromatic heterocycles. The second-order valence-electron chi connectivity index (χ2n) is 6.79. The normalized spacial score (nSPS) is 15.4. The number of halogens is 1. The Bertz CT molecular complexity index is 647. The predicted octanol–water partition coefficient (Wildman–Crippen LogP) is 3.06. The van der Waals surface area contributed by atoms with Gasteiger partial charge in [-0.3, -0.25) is 0 Å². The molecule has 25 heavy (non-hydrogen) atoms. The first-order chi connectivity index (χ1) is 11.7. The summed E-state index contributed by atoms with van der Waals surface area (Å²) in [5.41, 5.74) is 0.128. The van der Waals surface area contributed by atoms with Gasteiger partial charge in [-0.25, -0.2) is 14.0 Å². The van der Waals surface area contributed by atoms with Crippen LogP contribution in [0.2, 0.25) is 0 Å². The summed E-state index contributed by atoms with van der Waals surface area (Å²) in [6, 6.07) is 5.83. The summed E-state index contributed by atoms with van der Waals surface area (Å²) in [4.78, 5) is 27.3. The molecule has 0 saturated carbocycles. The molecule has 0 bridgehead atoms. The Balaban J connectivity index is 1.78. The lowest BCUT2D eigenvalue weighted by Crippen LogP contribution is -2.53. The Morgan fingerprint density at radius 2 is 1.80 bits per heavy atom. The molecule has 1 aliphatic heterocycles. The minimum absolute atomic E-state index is 0.253. The third kappa shape index (κ3) is 6.10. The number of piperazine rings is 1. The molecule has 0 unspecified atom stereocenters. The average Bonchev–Trinajstić information content (AvgIpc) is 2.53. The lowest BCUT2D eigenvalue weighted by molar-refractivity contribution is 0.0171. The highest BCUT2D eigenvalue weighted by Crippen LogP contribution is 2.12. The summed E-state index contributed by atoms with van der Waals surface area (Å²) < 4.78 is 18.4. The van der Waals surface area contributed by atoms with Gasteiger partial charge in [0.1, 0.15) is 11.4 Å². The van der Waals surface area contributed by atoms with Gasteiger partial charge in [0.15, 0.2) is 0 Å². The van der Waals surface area contributed by atoms with E-state index in [0.29, 0.717) is 31.7 Å². The van der Waals surface area contributed by atoms with E-state index in [9.17, 15) is 14.0 Å². The van der Waals surface area contributed by atoms with Crippen molar-refractivity contribution in [3.63, 3.8) is 0 Å². The highest BCUT2D eigenvalue weighted by molar-refractivity contribution is 5.76. The second kappa shape index (κ2) is 8.00. The number of nitrogens with one attached hydrogen (secondary N) is 1. The van der Waals surface area contributed by atoms with Crippen molar-refractivity contribution in [2.24, 2.45) is 0 Å². The number of nitrogens with zero attached hydrogens (tertiary/aromatic N) is 2. The van der Waals surface area contributed by atoms with Gasteiger partial charge >= 0.3 is 12.1 Å². The van der Waals surface area contributed by atoms with Gasteiger partial charge < -0.3 is 19.9 Å². The fourth-order valence-electron chi connectivity index (χ4n) is 2.33. The highest BCUT2D eigenvalue weighted by Gasteiger charge is 2.27. The molecule has 1 heterocycles. The first-order valence-corrected chi connectivity index (χ1v) is 8.20. The molecule has 7 heteroatoms. The Labute approximate surface area is 147 Å². The molecular formula is C18H24FN3O3. The van der Waals surface area contributed by atoms with Gasteiger partial charge in [-0.15, -0.1) is 0 Å². The van der Waals surface area contributed by atoms with Crippen LogP contribution < -0.4 is 5.32 Å². The van der Waals surface area contributed by atoms with Crippen molar-refractivity contribution >= 4 is 18.2 Å². The van der Waals surface area contributed by atoms with Crippen LogP contribution in [0.15, 0.2) is 30.5 Å². The number of rotatable bonds is 2. The van der Waals surface area contributed by atoms with Crippen molar-refractivity contribution in [3.8, 4) is 0 Å². The summed E-state index contributed by atoms with van der Waals surface area (Å²) in [6.07, 6.45) is 2.74. The van der Waals surface area contributed by atoms with E-state index in [1.54, 1.807) is 28.0 Å². The van der Waals surface area contributed by atoms with Crippen LogP contribution in [0, 0.1) is 5.82 Å². The quantitative estimate of drug-likeness (QED) is 0.893. The van der Waals surface area contributed by atoms with Crippen molar-refractivity contribution in [2.45, 2.75) is 26.4 Å². The van der Waals surface area contributed by atoms with E-state index in [1.165, 1.54) is 18.3 Å². The second-order valence-corrected chi connectivity index (χ2v) is 6.79. The lowest BCUT2D eigenvalue weighted by atomic mass is 10.2. The zero-order valence-corrected chi connectivity index (χ0v) is 14.8. The largest absolute Gasteiger partial charge is 0.444 e. The Hall–Kier alpha value is -2.57. The molecule has 136 valence electrons.